The monoisotopic (exact) mass is 328 g/mol. The first kappa shape index (κ1) is 15.5. The second-order valence-corrected chi connectivity index (χ2v) is 4.92. The molecule has 96 valence electrons. The Hall–Kier alpha value is -0.540. The Kier molecular flexibility index (Phi) is 6.16. The zero-order chi connectivity index (χ0) is 13.7. The molecule has 0 radical (unpaired) electrons. The van der Waals surface area contributed by atoms with Gasteiger partial charge in [0.2, 0.25) is 0 Å². The van der Waals surface area contributed by atoms with Crippen LogP contribution in [0.5, 0.6) is 0 Å². The minimum absolute atomic E-state index is 0.0764. The maximum atomic E-state index is 12.1. The molecule has 18 heavy (non-hydrogen) atoms. The van der Waals surface area contributed by atoms with Gasteiger partial charge < -0.3 is 0 Å². The van der Waals surface area contributed by atoms with Gasteiger partial charge in [0.25, 0.3) is 0 Å². The first-order chi connectivity index (χ1) is 8.36. The molecular weight excluding hydrogens is 324 g/mol. The van der Waals surface area contributed by atoms with Crippen molar-refractivity contribution in [3.63, 3.8) is 0 Å². The van der Waals surface area contributed by atoms with Gasteiger partial charge in [-0.2, -0.15) is 0 Å². The average molecular weight is 330 g/mol. The Labute approximate surface area is 123 Å². The Morgan fingerprint density at radius 3 is 1.06 bits per heavy atom. The molecule has 0 spiro atoms. The highest BCUT2D eigenvalue weighted by atomic mass is 35.5. The van der Waals surface area contributed by atoms with E-state index in [-0.39, 0.29) is 5.02 Å². The van der Waals surface area contributed by atoms with Crippen LogP contribution in [0.2, 0.25) is 20.1 Å². The lowest BCUT2D eigenvalue weighted by Crippen LogP contribution is -1.76. The van der Waals surface area contributed by atoms with Crippen LogP contribution in [0.4, 0.5) is 8.78 Å². The third-order valence-corrected chi connectivity index (χ3v) is 2.53. The quantitative estimate of drug-likeness (QED) is 0.534. The summed E-state index contributed by atoms with van der Waals surface area (Å²) >= 11 is 22.0. The third kappa shape index (κ3) is 5.87. The molecular formula is C12H6Cl4F2. The van der Waals surface area contributed by atoms with Gasteiger partial charge in [-0.3, -0.25) is 0 Å². The molecule has 6 heteroatoms. The van der Waals surface area contributed by atoms with Gasteiger partial charge in [-0.1, -0.05) is 46.4 Å². The summed E-state index contributed by atoms with van der Waals surface area (Å²) in [6.45, 7) is 0. The first-order valence-corrected chi connectivity index (χ1v) is 6.11. The van der Waals surface area contributed by atoms with Crippen molar-refractivity contribution in [2.45, 2.75) is 0 Å². The highest BCUT2D eigenvalue weighted by Gasteiger charge is 1.95. The SMILES string of the molecule is Clc1cc(Cl)cc(Cl)c1.Fc1cc(F)cc(Cl)c1. The molecule has 0 saturated carbocycles. The van der Waals surface area contributed by atoms with Crippen LogP contribution in [0.1, 0.15) is 0 Å². The predicted octanol–water partition coefficient (Wildman–Crippen LogP) is 6.27. The minimum Gasteiger partial charge on any atom is -0.207 e. The Morgan fingerprint density at radius 1 is 0.500 bits per heavy atom. The summed E-state index contributed by atoms with van der Waals surface area (Å²) in [5, 5.41) is 1.76. The molecule has 0 N–H and O–H groups in total. The molecule has 2 aromatic carbocycles. The highest BCUT2D eigenvalue weighted by Crippen LogP contribution is 2.21. The number of hydrogen-bond acceptors (Lipinski definition) is 0. The van der Waals surface area contributed by atoms with E-state index in [4.69, 9.17) is 46.4 Å². The number of halogens is 6. The van der Waals surface area contributed by atoms with Gasteiger partial charge in [-0.25, -0.2) is 8.78 Å². The summed E-state index contributed by atoms with van der Waals surface area (Å²) in [7, 11) is 0. The van der Waals surface area contributed by atoms with Crippen molar-refractivity contribution in [2.75, 3.05) is 0 Å². The third-order valence-electron chi connectivity index (χ3n) is 1.65. The summed E-state index contributed by atoms with van der Waals surface area (Å²) in [4.78, 5) is 0. The minimum atomic E-state index is -0.653. The lowest BCUT2D eigenvalue weighted by Gasteiger charge is -1.91. The molecule has 0 aromatic heterocycles. The molecule has 0 amide bonds. The van der Waals surface area contributed by atoms with Crippen LogP contribution >= 0.6 is 46.4 Å². The molecule has 2 rings (SSSR count). The van der Waals surface area contributed by atoms with E-state index in [0.717, 1.165) is 18.2 Å². The number of rotatable bonds is 0. The van der Waals surface area contributed by atoms with Crippen LogP contribution in [0.3, 0.4) is 0 Å². The van der Waals surface area contributed by atoms with Gasteiger partial charge in [-0.05, 0) is 30.3 Å². The van der Waals surface area contributed by atoms with Crippen LogP contribution in [0, 0.1) is 11.6 Å². The first-order valence-electron chi connectivity index (χ1n) is 4.60. The van der Waals surface area contributed by atoms with E-state index < -0.39 is 11.6 Å². The van der Waals surface area contributed by atoms with Crippen LogP contribution in [-0.2, 0) is 0 Å². The summed E-state index contributed by atoms with van der Waals surface area (Å²) in [5.74, 6) is -1.31. The number of benzene rings is 2. The molecule has 0 heterocycles. The fourth-order valence-corrected chi connectivity index (χ4v) is 2.12. The van der Waals surface area contributed by atoms with Crippen LogP contribution in [0.25, 0.3) is 0 Å². The van der Waals surface area contributed by atoms with Gasteiger partial charge in [0, 0.05) is 26.2 Å². The van der Waals surface area contributed by atoms with E-state index in [1.165, 1.54) is 0 Å². The highest BCUT2D eigenvalue weighted by molar-refractivity contribution is 6.38. The molecule has 0 nitrogen and oxygen atoms in total. The lowest BCUT2D eigenvalue weighted by molar-refractivity contribution is 0.583. The summed E-state index contributed by atoms with van der Waals surface area (Å²) in [6, 6.07) is 7.76. The topological polar surface area (TPSA) is 0 Å². The standard InChI is InChI=1S/C6H3Cl3.C6H3ClF2/c2*7-4-1-5(8)3-6(9)2-4/h2*1-3H. The fraction of sp³-hybridized carbons (Fsp3) is 0. The summed E-state index contributed by atoms with van der Waals surface area (Å²) in [5.41, 5.74) is 0. The van der Waals surface area contributed by atoms with Crippen molar-refractivity contribution in [3.8, 4) is 0 Å². The average Bonchev–Trinajstić information content (AvgIpc) is 2.12. The predicted molar refractivity (Wildman–Crippen MR) is 72.8 cm³/mol. The molecule has 0 aliphatic carbocycles. The van der Waals surface area contributed by atoms with E-state index in [9.17, 15) is 8.78 Å². The van der Waals surface area contributed by atoms with Crippen molar-refractivity contribution in [3.05, 3.63) is 68.1 Å². The van der Waals surface area contributed by atoms with Crippen LogP contribution < -0.4 is 0 Å². The second kappa shape index (κ2) is 7.15. The van der Waals surface area contributed by atoms with Crippen molar-refractivity contribution < 1.29 is 8.78 Å². The number of hydrogen-bond donors (Lipinski definition) is 0. The summed E-state index contributed by atoms with van der Waals surface area (Å²) < 4.78 is 24.2. The normalized spacial score (nSPS) is 9.67. The van der Waals surface area contributed by atoms with Gasteiger partial charge in [0.1, 0.15) is 11.6 Å². The second-order valence-electron chi connectivity index (χ2n) is 3.18. The Bertz CT molecular complexity index is 393. The maximum Gasteiger partial charge on any atom is 0.127 e. The molecule has 0 bridgehead atoms. The lowest BCUT2D eigenvalue weighted by atomic mass is 10.3. The molecule has 0 aliphatic rings. The fourth-order valence-electron chi connectivity index (χ4n) is 1.04. The molecule has 0 aliphatic heterocycles. The summed E-state index contributed by atoms with van der Waals surface area (Å²) in [6.07, 6.45) is 0. The smallest absolute Gasteiger partial charge is 0.127 e. The van der Waals surface area contributed by atoms with E-state index >= 15 is 0 Å². The van der Waals surface area contributed by atoms with Gasteiger partial charge in [-0.15, -0.1) is 0 Å². The van der Waals surface area contributed by atoms with Crippen LogP contribution in [0.15, 0.2) is 36.4 Å². The van der Waals surface area contributed by atoms with Gasteiger partial charge >= 0.3 is 0 Å². The maximum absolute atomic E-state index is 12.1. The van der Waals surface area contributed by atoms with Gasteiger partial charge in [0.05, 0.1) is 0 Å². The van der Waals surface area contributed by atoms with Crippen molar-refractivity contribution >= 4 is 46.4 Å². The largest absolute Gasteiger partial charge is 0.207 e. The Morgan fingerprint density at radius 2 is 0.778 bits per heavy atom. The molecule has 0 fully saturated rings. The van der Waals surface area contributed by atoms with Crippen LogP contribution in [-0.4, -0.2) is 0 Å². The van der Waals surface area contributed by atoms with E-state index in [0.29, 0.717) is 15.1 Å². The molecule has 0 unspecified atom stereocenters. The van der Waals surface area contributed by atoms with Gasteiger partial charge in [0.15, 0.2) is 0 Å². The zero-order valence-electron chi connectivity index (χ0n) is 8.73. The van der Waals surface area contributed by atoms with E-state index in [1.54, 1.807) is 18.2 Å². The van der Waals surface area contributed by atoms with Crippen molar-refractivity contribution in [1.82, 2.24) is 0 Å². The van der Waals surface area contributed by atoms with Crippen molar-refractivity contribution in [2.24, 2.45) is 0 Å². The Balaban J connectivity index is 0.000000180. The van der Waals surface area contributed by atoms with Crippen molar-refractivity contribution in [1.29, 1.82) is 0 Å². The molecule has 2 aromatic rings. The van der Waals surface area contributed by atoms with E-state index in [1.807, 2.05) is 0 Å². The zero-order valence-corrected chi connectivity index (χ0v) is 11.8. The van der Waals surface area contributed by atoms with E-state index in [2.05, 4.69) is 0 Å². The molecule has 0 saturated heterocycles. The molecule has 0 atom stereocenters.